The van der Waals surface area contributed by atoms with Crippen molar-refractivity contribution in [2.45, 2.75) is 19.8 Å². The van der Waals surface area contributed by atoms with E-state index in [1.165, 1.54) is 27.0 Å². The fraction of sp³-hybridized carbons (Fsp3) is 0.650. The molecule has 0 unspecified atom stereocenters. The molecule has 3 aliphatic heterocycles. The van der Waals surface area contributed by atoms with Gasteiger partial charge in [0.05, 0.1) is 13.2 Å². The molecule has 0 spiro atoms. The average molecular weight is 423 g/mol. The van der Waals surface area contributed by atoms with Crippen LogP contribution in [0.25, 0.3) is 0 Å². The van der Waals surface area contributed by atoms with Crippen LogP contribution in [0.4, 0.5) is 5.69 Å². The van der Waals surface area contributed by atoms with E-state index in [2.05, 4.69) is 11.8 Å². The molecule has 0 aliphatic carbocycles. The first-order valence-electron chi connectivity index (χ1n) is 10.4. The molecule has 3 saturated heterocycles. The van der Waals surface area contributed by atoms with E-state index in [4.69, 9.17) is 4.74 Å². The number of hydrogen-bond donors (Lipinski definition) is 0. The Morgan fingerprint density at radius 2 is 1.52 bits per heavy atom. The van der Waals surface area contributed by atoms with Gasteiger partial charge in [-0.1, -0.05) is 6.07 Å². The molecule has 3 heterocycles. The molecular formula is C20H30N4O4S. The first-order chi connectivity index (χ1) is 14.0. The maximum absolute atomic E-state index is 13.0. The quantitative estimate of drug-likeness (QED) is 0.722. The molecule has 1 aromatic rings. The number of carbonyl (C=O) groups is 1. The number of nitrogens with zero attached hydrogens (tertiary/aromatic N) is 4. The zero-order valence-corrected chi connectivity index (χ0v) is 17.9. The molecule has 0 N–H and O–H groups in total. The summed E-state index contributed by atoms with van der Waals surface area (Å²) in [6.45, 7) is 7.30. The molecule has 29 heavy (non-hydrogen) atoms. The highest BCUT2D eigenvalue weighted by Crippen LogP contribution is 2.26. The van der Waals surface area contributed by atoms with E-state index < -0.39 is 10.2 Å². The first kappa shape index (κ1) is 20.6. The van der Waals surface area contributed by atoms with Crippen molar-refractivity contribution in [1.82, 2.24) is 13.5 Å². The summed E-state index contributed by atoms with van der Waals surface area (Å²) in [5, 5.41) is 0. The number of rotatable bonds is 4. The minimum absolute atomic E-state index is 0.0196. The molecule has 3 fully saturated rings. The Kier molecular flexibility index (Phi) is 6.10. The summed E-state index contributed by atoms with van der Waals surface area (Å²) in [7, 11) is -3.48. The number of carbonyl (C=O) groups excluding carboxylic acids is 1. The molecule has 160 valence electrons. The number of amides is 1. The predicted molar refractivity (Wildman–Crippen MR) is 111 cm³/mol. The van der Waals surface area contributed by atoms with Crippen molar-refractivity contribution in [2.75, 3.05) is 70.5 Å². The lowest BCUT2D eigenvalue weighted by Gasteiger charge is -2.37. The van der Waals surface area contributed by atoms with Crippen LogP contribution < -0.4 is 4.90 Å². The van der Waals surface area contributed by atoms with Crippen LogP contribution in [-0.2, 0) is 14.9 Å². The summed E-state index contributed by atoms with van der Waals surface area (Å²) in [4.78, 5) is 17.2. The minimum atomic E-state index is -3.48. The lowest BCUT2D eigenvalue weighted by atomic mass is 10.1. The van der Waals surface area contributed by atoms with Crippen LogP contribution in [-0.4, -0.2) is 93.4 Å². The minimum Gasteiger partial charge on any atom is -0.379 e. The van der Waals surface area contributed by atoms with Gasteiger partial charge in [0.25, 0.3) is 16.1 Å². The number of aryl methyl sites for hydroxylation is 1. The standard InChI is InChI=1S/C20H30N4O4S/c1-17-4-5-18(16-19(17)21-6-2-3-7-21)20(25)22-8-10-23(11-9-22)29(26,27)24-12-14-28-15-13-24/h4-5,16H,2-3,6-15H2,1H3. The second-order valence-electron chi connectivity index (χ2n) is 7.91. The van der Waals surface area contributed by atoms with Crippen molar-refractivity contribution >= 4 is 21.8 Å². The fourth-order valence-corrected chi connectivity index (χ4v) is 5.85. The van der Waals surface area contributed by atoms with E-state index in [1.54, 1.807) is 4.90 Å². The summed E-state index contributed by atoms with van der Waals surface area (Å²) in [5.41, 5.74) is 3.01. The SMILES string of the molecule is Cc1ccc(C(=O)N2CCN(S(=O)(=O)N3CCOCC3)CC2)cc1N1CCCC1. The van der Waals surface area contributed by atoms with Crippen molar-refractivity contribution in [2.24, 2.45) is 0 Å². The van der Waals surface area contributed by atoms with Gasteiger partial charge in [0, 0.05) is 63.6 Å². The van der Waals surface area contributed by atoms with E-state index in [-0.39, 0.29) is 5.91 Å². The van der Waals surface area contributed by atoms with E-state index in [0.717, 1.165) is 18.8 Å². The van der Waals surface area contributed by atoms with Gasteiger partial charge in [0.2, 0.25) is 0 Å². The van der Waals surface area contributed by atoms with Gasteiger partial charge in [0.15, 0.2) is 0 Å². The van der Waals surface area contributed by atoms with Crippen LogP contribution in [0, 0.1) is 6.92 Å². The van der Waals surface area contributed by atoms with E-state index in [0.29, 0.717) is 58.0 Å². The molecule has 1 amide bonds. The van der Waals surface area contributed by atoms with Gasteiger partial charge in [-0.25, -0.2) is 0 Å². The third-order valence-electron chi connectivity index (χ3n) is 6.05. The Labute approximate surface area is 173 Å². The van der Waals surface area contributed by atoms with Crippen LogP contribution >= 0.6 is 0 Å². The summed E-state index contributed by atoms with van der Waals surface area (Å²) in [5.74, 6) is -0.0196. The largest absolute Gasteiger partial charge is 0.379 e. The molecule has 0 bridgehead atoms. The number of anilines is 1. The van der Waals surface area contributed by atoms with Crippen molar-refractivity contribution in [1.29, 1.82) is 0 Å². The molecule has 4 rings (SSSR count). The van der Waals surface area contributed by atoms with Crippen molar-refractivity contribution < 1.29 is 17.9 Å². The highest BCUT2D eigenvalue weighted by molar-refractivity contribution is 7.86. The van der Waals surface area contributed by atoms with Gasteiger partial charge < -0.3 is 14.5 Å². The zero-order chi connectivity index (χ0) is 20.4. The highest BCUT2D eigenvalue weighted by Gasteiger charge is 2.34. The normalized spacial score (nSPS) is 22.2. The maximum atomic E-state index is 13.0. The molecule has 0 saturated carbocycles. The first-order valence-corrected chi connectivity index (χ1v) is 11.8. The lowest BCUT2D eigenvalue weighted by molar-refractivity contribution is 0.0636. The molecule has 0 radical (unpaired) electrons. The summed E-state index contributed by atoms with van der Waals surface area (Å²) < 4.78 is 33.8. The Morgan fingerprint density at radius 1 is 0.897 bits per heavy atom. The van der Waals surface area contributed by atoms with Crippen LogP contribution in [0.1, 0.15) is 28.8 Å². The van der Waals surface area contributed by atoms with Gasteiger partial charge in [0.1, 0.15) is 0 Å². The van der Waals surface area contributed by atoms with Crippen molar-refractivity contribution in [3.63, 3.8) is 0 Å². The van der Waals surface area contributed by atoms with Crippen molar-refractivity contribution in [3.8, 4) is 0 Å². The molecule has 8 nitrogen and oxygen atoms in total. The van der Waals surface area contributed by atoms with E-state index in [1.807, 2.05) is 18.2 Å². The third-order valence-corrected chi connectivity index (χ3v) is 8.09. The second-order valence-corrected chi connectivity index (χ2v) is 9.83. The average Bonchev–Trinajstić information content (AvgIpc) is 3.29. The predicted octanol–water partition coefficient (Wildman–Crippen LogP) is 0.930. The van der Waals surface area contributed by atoms with Gasteiger partial charge in [-0.15, -0.1) is 0 Å². The molecule has 3 aliphatic rings. The maximum Gasteiger partial charge on any atom is 0.282 e. The highest BCUT2D eigenvalue weighted by atomic mass is 32.2. The van der Waals surface area contributed by atoms with Crippen LogP contribution in [0.3, 0.4) is 0 Å². The van der Waals surface area contributed by atoms with Gasteiger partial charge in [-0.2, -0.15) is 17.0 Å². The van der Waals surface area contributed by atoms with Crippen LogP contribution in [0.15, 0.2) is 18.2 Å². The monoisotopic (exact) mass is 422 g/mol. The Balaban J connectivity index is 1.41. The molecule has 1 aromatic carbocycles. The van der Waals surface area contributed by atoms with Crippen molar-refractivity contribution in [3.05, 3.63) is 29.3 Å². The second kappa shape index (κ2) is 8.59. The fourth-order valence-electron chi connectivity index (χ4n) is 4.29. The lowest BCUT2D eigenvalue weighted by Crippen LogP contribution is -2.55. The molecule has 0 aromatic heterocycles. The van der Waals surface area contributed by atoms with E-state index in [9.17, 15) is 13.2 Å². The number of piperazine rings is 1. The summed E-state index contributed by atoms with van der Waals surface area (Å²) >= 11 is 0. The smallest absolute Gasteiger partial charge is 0.282 e. The van der Waals surface area contributed by atoms with Gasteiger partial charge in [-0.3, -0.25) is 4.79 Å². The van der Waals surface area contributed by atoms with Crippen LogP contribution in [0.5, 0.6) is 0 Å². The Hall–Kier alpha value is -1.68. The molecule has 0 atom stereocenters. The number of ether oxygens (including phenoxy) is 1. The Morgan fingerprint density at radius 3 is 2.17 bits per heavy atom. The summed E-state index contributed by atoms with van der Waals surface area (Å²) in [6, 6.07) is 5.90. The van der Waals surface area contributed by atoms with Gasteiger partial charge in [-0.05, 0) is 37.5 Å². The zero-order valence-electron chi connectivity index (χ0n) is 17.0. The van der Waals surface area contributed by atoms with E-state index >= 15 is 0 Å². The Bertz CT molecular complexity index is 840. The van der Waals surface area contributed by atoms with Gasteiger partial charge >= 0.3 is 0 Å². The number of hydrogen-bond acceptors (Lipinski definition) is 5. The topological polar surface area (TPSA) is 73.4 Å². The summed E-state index contributed by atoms with van der Waals surface area (Å²) in [6.07, 6.45) is 2.38. The number of morpholine rings is 1. The number of benzene rings is 1. The molecular weight excluding hydrogens is 392 g/mol. The third kappa shape index (κ3) is 4.28. The van der Waals surface area contributed by atoms with Crippen LogP contribution in [0.2, 0.25) is 0 Å². The molecule has 9 heteroatoms.